The highest BCUT2D eigenvalue weighted by molar-refractivity contribution is 6.31. The smallest absolute Gasteiger partial charge is 0.169 e. The Bertz CT molecular complexity index is 440. The van der Waals surface area contributed by atoms with Crippen molar-refractivity contribution in [1.29, 1.82) is 0 Å². The predicted molar refractivity (Wildman–Crippen MR) is 76.4 cm³/mol. The molecule has 0 aromatic heterocycles. The fourth-order valence-corrected chi connectivity index (χ4v) is 3.44. The van der Waals surface area contributed by atoms with E-state index in [1.54, 1.807) is 0 Å². The van der Waals surface area contributed by atoms with E-state index in [0.717, 1.165) is 29.8 Å². The first-order valence-corrected chi connectivity index (χ1v) is 7.65. The van der Waals surface area contributed by atoms with E-state index in [1.165, 1.54) is 19.3 Å². The molecule has 19 heavy (non-hydrogen) atoms. The number of hydrogen-bond acceptors (Lipinski definition) is 2. The molecule has 1 saturated heterocycles. The standard InChI is InChI=1S/C16H21ClO2/c1-12-15(11-13-7-3-4-8-14(13)17)19-16(18-12)9-5-2-6-10-16/h3-4,7-8,12,15H,2,5-6,9-11H2,1H3/t12-,15+/m1/s1. The lowest BCUT2D eigenvalue weighted by Crippen LogP contribution is -2.33. The van der Waals surface area contributed by atoms with E-state index < -0.39 is 0 Å². The summed E-state index contributed by atoms with van der Waals surface area (Å²) in [6, 6.07) is 8.00. The molecule has 0 radical (unpaired) electrons. The van der Waals surface area contributed by atoms with Crippen LogP contribution in [0.1, 0.15) is 44.6 Å². The normalized spacial score (nSPS) is 29.8. The summed E-state index contributed by atoms with van der Waals surface area (Å²) in [4.78, 5) is 0. The van der Waals surface area contributed by atoms with Crippen LogP contribution in [0.4, 0.5) is 0 Å². The highest BCUT2D eigenvalue weighted by Gasteiger charge is 2.46. The first-order valence-electron chi connectivity index (χ1n) is 7.28. The molecule has 1 aromatic rings. The second-order valence-electron chi connectivity index (χ2n) is 5.75. The molecule has 1 aromatic carbocycles. The third-order valence-electron chi connectivity index (χ3n) is 4.28. The van der Waals surface area contributed by atoms with Gasteiger partial charge in [0.25, 0.3) is 0 Å². The molecule has 2 fully saturated rings. The molecule has 0 bridgehead atoms. The highest BCUT2D eigenvalue weighted by atomic mass is 35.5. The van der Waals surface area contributed by atoms with Crippen LogP contribution in [0, 0.1) is 0 Å². The lowest BCUT2D eigenvalue weighted by molar-refractivity contribution is -0.192. The molecule has 2 atom stereocenters. The van der Waals surface area contributed by atoms with E-state index in [1.807, 2.05) is 18.2 Å². The topological polar surface area (TPSA) is 18.5 Å². The van der Waals surface area contributed by atoms with E-state index in [-0.39, 0.29) is 18.0 Å². The maximum atomic E-state index is 6.28. The van der Waals surface area contributed by atoms with Gasteiger partial charge < -0.3 is 9.47 Å². The third-order valence-corrected chi connectivity index (χ3v) is 4.65. The van der Waals surface area contributed by atoms with Crippen LogP contribution in [0.5, 0.6) is 0 Å². The number of halogens is 1. The Hall–Kier alpha value is -0.570. The van der Waals surface area contributed by atoms with Gasteiger partial charge in [-0.2, -0.15) is 0 Å². The van der Waals surface area contributed by atoms with Crippen molar-refractivity contribution in [2.24, 2.45) is 0 Å². The summed E-state index contributed by atoms with van der Waals surface area (Å²) in [5, 5.41) is 0.822. The summed E-state index contributed by atoms with van der Waals surface area (Å²) in [5.41, 5.74) is 1.15. The van der Waals surface area contributed by atoms with Crippen molar-refractivity contribution in [3.63, 3.8) is 0 Å². The van der Waals surface area contributed by atoms with Crippen LogP contribution in [0.15, 0.2) is 24.3 Å². The predicted octanol–water partition coefficient (Wildman–Crippen LogP) is 4.35. The molecule has 0 amide bonds. The molecule has 104 valence electrons. The fourth-order valence-electron chi connectivity index (χ4n) is 3.23. The molecule has 1 aliphatic carbocycles. The van der Waals surface area contributed by atoms with Crippen molar-refractivity contribution >= 4 is 11.6 Å². The second-order valence-corrected chi connectivity index (χ2v) is 6.15. The molecule has 1 heterocycles. The summed E-state index contributed by atoms with van der Waals surface area (Å²) >= 11 is 6.23. The van der Waals surface area contributed by atoms with E-state index in [0.29, 0.717) is 0 Å². The number of rotatable bonds is 2. The van der Waals surface area contributed by atoms with Crippen LogP contribution < -0.4 is 0 Å². The Kier molecular flexibility index (Phi) is 3.84. The Morgan fingerprint density at radius 2 is 1.89 bits per heavy atom. The minimum Gasteiger partial charge on any atom is -0.344 e. The molecule has 1 spiro atoms. The number of benzene rings is 1. The zero-order chi connectivity index (χ0) is 13.3. The van der Waals surface area contributed by atoms with Crippen molar-refractivity contribution in [2.45, 2.75) is 63.4 Å². The largest absolute Gasteiger partial charge is 0.344 e. The zero-order valence-corrected chi connectivity index (χ0v) is 12.2. The average molecular weight is 281 g/mol. The van der Waals surface area contributed by atoms with Gasteiger partial charge in [0.1, 0.15) is 0 Å². The zero-order valence-electron chi connectivity index (χ0n) is 11.4. The summed E-state index contributed by atoms with van der Waals surface area (Å²) in [7, 11) is 0. The molecular formula is C16H21ClO2. The molecule has 3 heteroatoms. The molecule has 3 rings (SSSR count). The maximum absolute atomic E-state index is 6.28. The average Bonchev–Trinajstić information content (AvgIpc) is 2.69. The minimum absolute atomic E-state index is 0.123. The first kappa shape index (κ1) is 13.4. The molecule has 2 aliphatic rings. The van der Waals surface area contributed by atoms with Gasteiger partial charge in [-0.3, -0.25) is 0 Å². The van der Waals surface area contributed by atoms with Crippen LogP contribution in [-0.2, 0) is 15.9 Å². The molecular weight excluding hydrogens is 260 g/mol. The second kappa shape index (κ2) is 5.43. The SMILES string of the molecule is C[C@H]1OC2(CCCCC2)O[C@H]1Cc1ccccc1Cl. The Labute approximate surface area is 120 Å². The summed E-state index contributed by atoms with van der Waals surface area (Å²) in [5.74, 6) is -0.302. The van der Waals surface area contributed by atoms with Crippen LogP contribution in [-0.4, -0.2) is 18.0 Å². The lowest BCUT2D eigenvalue weighted by Gasteiger charge is -2.32. The molecule has 0 N–H and O–H groups in total. The van der Waals surface area contributed by atoms with Gasteiger partial charge in [0.2, 0.25) is 0 Å². The third kappa shape index (κ3) is 2.81. The van der Waals surface area contributed by atoms with Crippen LogP contribution in [0.2, 0.25) is 5.02 Å². The number of hydrogen-bond donors (Lipinski definition) is 0. The van der Waals surface area contributed by atoms with Crippen LogP contribution in [0.25, 0.3) is 0 Å². The first-order chi connectivity index (χ1) is 9.19. The molecule has 1 saturated carbocycles. The van der Waals surface area contributed by atoms with Crippen LogP contribution >= 0.6 is 11.6 Å². The molecule has 0 unspecified atom stereocenters. The molecule has 2 nitrogen and oxygen atoms in total. The van der Waals surface area contributed by atoms with Gasteiger partial charge in [0.05, 0.1) is 12.2 Å². The fraction of sp³-hybridized carbons (Fsp3) is 0.625. The van der Waals surface area contributed by atoms with Crippen molar-refractivity contribution in [1.82, 2.24) is 0 Å². The van der Waals surface area contributed by atoms with E-state index >= 15 is 0 Å². The van der Waals surface area contributed by atoms with E-state index in [4.69, 9.17) is 21.1 Å². The van der Waals surface area contributed by atoms with Gasteiger partial charge in [0.15, 0.2) is 5.79 Å². The van der Waals surface area contributed by atoms with Gasteiger partial charge in [0, 0.05) is 24.3 Å². The van der Waals surface area contributed by atoms with Gasteiger partial charge in [-0.25, -0.2) is 0 Å². The van der Waals surface area contributed by atoms with Crippen LogP contribution in [0.3, 0.4) is 0 Å². The number of ether oxygens (including phenoxy) is 2. The van der Waals surface area contributed by atoms with E-state index in [9.17, 15) is 0 Å². The van der Waals surface area contributed by atoms with Gasteiger partial charge >= 0.3 is 0 Å². The van der Waals surface area contributed by atoms with Crippen molar-refractivity contribution in [2.75, 3.05) is 0 Å². The summed E-state index contributed by atoms with van der Waals surface area (Å²) < 4.78 is 12.4. The van der Waals surface area contributed by atoms with Crippen molar-refractivity contribution in [3.8, 4) is 0 Å². The van der Waals surface area contributed by atoms with Crippen molar-refractivity contribution in [3.05, 3.63) is 34.9 Å². The maximum Gasteiger partial charge on any atom is 0.169 e. The van der Waals surface area contributed by atoms with Gasteiger partial charge in [-0.1, -0.05) is 36.2 Å². The Balaban J connectivity index is 1.70. The summed E-state index contributed by atoms with van der Waals surface area (Å²) in [6.45, 7) is 2.12. The van der Waals surface area contributed by atoms with E-state index in [2.05, 4.69) is 13.0 Å². The van der Waals surface area contributed by atoms with Crippen molar-refractivity contribution < 1.29 is 9.47 Å². The monoisotopic (exact) mass is 280 g/mol. The lowest BCUT2D eigenvalue weighted by atomic mass is 9.94. The highest BCUT2D eigenvalue weighted by Crippen LogP contribution is 2.41. The molecule has 1 aliphatic heterocycles. The van der Waals surface area contributed by atoms with Gasteiger partial charge in [-0.05, 0) is 31.4 Å². The summed E-state index contributed by atoms with van der Waals surface area (Å²) in [6.07, 6.45) is 6.91. The minimum atomic E-state index is -0.302. The van der Waals surface area contributed by atoms with Gasteiger partial charge in [-0.15, -0.1) is 0 Å². The Morgan fingerprint density at radius 3 is 2.63 bits per heavy atom. The quantitative estimate of drug-likeness (QED) is 0.802. The Morgan fingerprint density at radius 1 is 1.16 bits per heavy atom.